The van der Waals surface area contributed by atoms with Crippen LogP contribution in [0.3, 0.4) is 0 Å². The van der Waals surface area contributed by atoms with E-state index in [4.69, 9.17) is 4.42 Å². The highest BCUT2D eigenvalue weighted by Crippen LogP contribution is 2.36. The molecular formula is C14H16ClF2NO. The Morgan fingerprint density at radius 3 is 2.89 bits per heavy atom. The molecular weight excluding hydrogens is 272 g/mol. The average molecular weight is 288 g/mol. The number of piperidine rings is 1. The van der Waals surface area contributed by atoms with Gasteiger partial charge in [0.05, 0.1) is 11.6 Å². The number of furan rings is 1. The first-order valence-corrected chi connectivity index (χ1v) is 6.24. The summed E-state index contributed by atoms with van der Waals surface area (Å²) in [4.78, 5) is 0. The molecule has 2 heterocycles. The first-order chi connectivity index (χ1) is 8.68. The number of rotatable bonds is 1. The van der Waals surface area contributed by atoms with Crippen LogP contribution >= 0.6 is 12.4 Å². The van der Waals surface area contributed by atoms with Crippen LogP contribution in [0.1, 0.15) is 24.8 Å². The van der Waals surface area contributed by atoms with Crippen LogP contribution < -0.4 is 5.32 Å². The molecule has 1 aromatic carbocycles. The molecule has 0 bridgehead atoms. The summed E-state index contributed by atoms with van der Waals surface area (Å²) in [5.74, 6) is -0.999. The topological polar surface area (TPSA) is 25.2 Å². The van der Waals surface area contributed by atoms with E-state index in [0.29, 0.717) is 11.5 Å². The lowest BCUT2D eigenvalue weighted by Gasteiger charge is -2.29. The van der Waals surface area contributed by atoms with Crippen molar-refractivity contribution in [1.82, 2.24) is 5.32 Å². The minimum atomic E-state index is -0.816. The van der Waals surface area contributed by atoms with Gasteiger partial charge in [-0.1, -0.05) is 6.92 Å². The number of hydrogen-bond acceptors (Lipinski definition) is 2. The Labute approximate surface area is 116 Å². The zero-order chi connectivity index (χ0) is 12.7. The van der Waals surface area contributed by atoms with Crippen LogP contribution in [0.4, 0.5) is 8.78 Å². The van der Waals surface area contributed by atoms with Gasteiger partial charge in [-0.2, -0.15) is 0 Å². The number of benzene rings is 1. The summed E-state index contributed by atoms with van der Waals surface area (Å²) < 4.78 is 32.6. The van der Waals surface area contributed by atoms with Crippen molar-refractivity contribution in [2.75, 3.05) is 13.1 Å². The summed E-state index contributed by atoms with van der Waals surface area (Å²) in [7, 11) is 0. The van der Waals surface area contributed by atoms with Gasteiger partial charge in [0, 0.05) is 5.56 Å². The first-order valence-electron chi connectivity index (χ1n) is 6.24. The largest absolute Gasteiger partial charge is 0.464 e. The van der Waals surface area contributed by atoms with E-state index < -0.39 is 11.6 Å². The van der Waals surface area contributed by atoms with E-state index in [1.807, 2.05) is 0 Å². The molecule has 19 heavy (non-hydrogen) atoms. The van der Waals surface area contributed by atoms with Crippen LogP contribution in [0, 0.1) is 17.6 Å². The Balaban J connectivity index is 0.00000133. The molecule has 1 aromatic heterocycles. The van der Waals surface area contributed by atoms with Gasteiger partial charge >= 0.3 is 0 Å². The van der Waals surface area contributed by atoms with E-state index >= 15 is 0 Å². The Morgan fingerprint density at radius 1 is 1.37 bits per heavy atom. The predicted octanol–water partition coefficient (Wildman–Crippen LogP) is 3.85. The summed E-state index contributed by atoms with van der Waals surface area (Å²) in [5, 5.41) is 3.55. The quantitative estimate of drug-likeness (QED) is 0.862. The second-order valence-electron chi connectivity index (χ2n) is 5.00. The van der Waals surface area contributed by atoms with Crippen molar-refractivity contribution in [2.45, 2.75) is 19.3 Å². The molecule has 1 aliphatic heterocycles. The van der Waals surface area contributed by atoms with Crippen molar-refractivity contribution in [3.63, 3.8) is 0 Å². The zero-order valence-corrected chi connectivity index (χ0v) is 11.4. The highest BCUT2D eigenvalue weighted by molar-refractivity contribution is 5.85. The molecule has 2 aromatic rings. The Kier molecular flexibility index (Phi) is 4.11. The van der Waals surface area contributed by atoms with Crippen molar-refractivity contribution in [3.8, 4) is 0 Å². The minimum Gasteiger partial charge on any atom is -0.464 e. The van der Waals surface area contributed by atoms with E-state index in [-0.39, 0.29) is 23.7 Å². The van der Waals surface area contributed by atoms with E-state index in [1.54, 1.807) is 0 Å². The third kappa shape index (κ3) is 2.35. The number of halogens is 3. The molecule has 0 radical (unpaired) electrons. The van der Waals surface area contributed by atoms with Gasteiger partial charge in [0.25, 0.3) is 0 Å². The highest BCUT2D eigenvalue weighted by atomic mass is 35.5. The monoisotopic (exact) mass is 287 g/mol. The van der Waals surface area contributed by atoms with Crippen molar-refractivity contribution in [1.29, 1.82) is 0 Å². The molecule has 1 fully saturated rings. The molecule has 5 heteroatoms. The fourth-order valence-corrected chi connectivity index (χ4v) is 2.85. The number of fused-ring (bicyclic) bond motifs is 1. The Morgan fingerprint density at radius 2 is 2.16 bits per heavy atom. The maximum Gasteiger partial charge on any atom is 0.169 e. The summed E-state index contributed by atoms with van der Waals surface area (Å²) >= 11 is 0. The molecule has 0 saturated carbocycles. The molecule has 0 spiro atoms. The van der Waals surface area contributed by atoms with Crippen molar-refractivity contribution >= 4 is 23.4 Å². The van der Waals surface area contributed by atoms with Crippen LogP contribution in [-0.2, 0) is 0 Å². The van der Waals surface area contributed by atoms with Gasteiger partial charge in [-0.25, -0.2) is 8.78 Å². The van der Waals surface area contributed by atoms with Gasteiger partial charge < -0.3 is 9.73 Å². The van der Waals surface area contributed by atoms with E-state index in [1.165, 1.54) is 18.4 Å². The fourth-order valence-electron chi connectivity index (χ4n) is 2.85. The minimum absolute atomic E-state index is 0. The molecule has 2 nitrogen and oxygen atoms in total. The van der Waals surface area contributed by atoms with Gasteiger partial charge in [0.2, 0.25) is 0 Å². The van der Waals surface area contributed by atoms with E-state index in [0.717, 1.165) is 25.1 Å². The summed E-state index contributed by atoms with van der Waals surface area (Å²) in [6.07, 6.45) is 2.34. The second kappa shape index (κ2) is 5.47. The lowest BCUT2D eigenvalue weighted by Crippen LogP contribution is -2.33. The Hall–Kier alpha value is -1.13. The van der Waals surface area contributed by atoms with Gasteiger partial charge in [-0.05, 0) is 43.5 Å². The van der Waals surface area contributed by atoms with Gasteiger partial charge in [-0.15, -0.1) is 12.4 Å². The van der Waals surface area contributed by atoms with Crippen molar-refractivity contribution in [2.24, 2.45) is 5.92 Å². The maximum absolute atomic E-state index is 13.6. The van der Waals surface area contributed by atoms with E-state index in [2.05, 4.69) is 12.2 Å². The molecule has 1 saturated heterocycles. The zero-order valence-electron chi connectivity index (χ0n) is 10.6. The highest BCUT2D eigenvalue weighted by Gasteiger charge is 2.27. The Bertz CT molecular complexity index is 584. The summed E-state index contributed by atoms with van der Waals surface area (Å²) in [6.45, 7) is 3.91. The van der Waals surface area contributed by atoms with Crippen LogP contribution in [0.25, 0.3) is 11.0 Å². The molecule has 0 unspecified atom stereocenters. The average Bonchev–Trinajstić information content (AvgIpc) is 2.84. The lowest BCUT2D eigenvalue weighted by atomic mass is 9.81. The fraction of sp³-hybridized carbons (Fsp3) is 0.429. The lowest BCUT2D eigenvalue weighted by molar-refractivity contribution is 0.347. The molecule has 2 atom stereocenters. The maximum atomic E-state index is 13.6. The van der Waals surface area contributed by atoms with Gasteiger partial charge in [-0.3, -0.25) is 0 Å². The summed E-state index contributed by atoms with van der Waals surface area (Å²) in [5.41, 5.74) is 1.29. The molecule has 1 aliphatic rings. The molecule has 104 valence electrons. The van der Waals surface area contributed by atoms with E-state index in [9.17, 15) is 8.78 Å². The van der Waals surface area contributed by atoms with Crippen LogP contribution in [-0.4, -0.2) is 13.1 Å². The standard InChI is InChI=1S/C14H15F2NO.ClH/c1-8-7-17-4-2-9(8)11-6-12(15)13(16)10-3-5-18-14(10)11;/h3,5-6,8-9,17H,2,4,7H2,1H3;1H/t8-,9+;/m0./s1. The van der Waals surface area contributed by atoms with Crippen LogP contribution in [0.15, 0.2) is 22.8 Å². The van der Waals surface area contributed by atoms with Crippen molar-refractivity contribution in [3.05, 3.63) is 35.6 Å². The van der Waals surface area contributed by atoms with Gasteiger partial charge in [0.1, 0.15) is 5.58 Å². The molecule has 0 amide bonds. The third-order valence-electron chi connectivity index (χ3n) is 3.84. The first kappa shape index (κ1) is 14.3. The molecule has 3 rings (SSSR count). The summed E-state index contributed by atoms with van der Waals surface area (Å²) in [6, 6.07) is 2.79. The van der Waals surface area contributed by atoms with Gasteiger partial charge in [0.15, 0.2) is 11.6 Å². The normalized spacial score (nSPS) is 23.3. The van der Waals surface area contributed by atoms with Crippen LogP contribution in [0.5, 0.6) is 0 Å². The number of nitrogens with one attached hydrogen (secondary N) is 1. The molecule has 0 aliphatic carbocycles. The van der Waals surface area contributed by atoms with Crippen molar-refractivity contribution < 1.29 is 13.2 Å². The molecule has 1 N–H and O–H groups in total. The SMILES string of the molecule is C[C@H]1CNCC[C@H]1c1cc(F)c(F)c2ccoc12.Cl. The second-order valence-corrected chi connectivity index (χ2v) is 5.00. The van der Waals surface area contributed by atoms with Crippen LogP contribution in [0.2, 0.25) is 0 Å². The predicted molar refractivity (Wildman–Crippen MR) is 72.8 cm³/mol. The number of hydrogen-bond donors (Lipinski definition) is 1. The smallest absolute Gasteiger partial charge is 0.169 e. The third-order valence-corrected chi connectivity index (χ3v) is 3.84.